The molecule has 3 nitrogen and oxygen atoms in total. The van der Waals surface area contributed by atoms with Crippen molar-refractivity contribution >= 4 is 15.2 Å². The van der Waals surface area contributed by atoms with E-state index in [1.165, 1.54) is 25.7 Å². The minimum Gasteiger partial charge on any atom is -0.377 e. The molecule has 16 heavy (non-hydrogen) atoms. The smallest absolute Gasteiger partial charge is 0.148 e. The Labute approximate surface area is 100 Å². The number of ether oxygens (including phenoxy) is 1. The number of ketones is 1. The van der Waals surface area contributed by atoms with Crippen LogP contribution >= 0.6 is 9.39 Å². The average molecular weight is 243 g/mol. The Bertz CT molecular complexity index is 251. The van der Waals surface area contributed by atoms with Crippen LogP contribution in [0.3, 0.4) is 0 Å². The summed E-state index contributed by atoms with van der Waals surface area (Å²) in [5.74, 6) is 1.20. The molecule has 2 aliphatic rings. The molecule has 92 valence electrons. The summed E-state index contributed by atoms with van der Waals surface area (Å²) in [6.07, 6.45) is 6.06. The fourth-order valence-corrected chi connectivity index (χ4v) is 2.97. The molecule has 0 bridgehead atoms. The number of rotatable bonds is 3. The first-order valence-corrected chi connectivity index (χ1v) is 6.81. The molecule has 1 aliphatic carbocycles. The van der Waals surface area contributed by atoms with E-state index in [-0.39, 0.29) is 6.04 Å². The van der Waals surface area contributed by atoms with Gasteiger partial charge < -0.3 is 4.74 Å². The van der Waals surface area contributed by atoms with Crippen LogP contribution in [0.1, 0.15) is 39.0 Å². The van der Waals surface area contributed by atoms with E-state index in [0.29, 0.717) is 31.5 Å². The third-order valence-electron chi connectivity index (χ3n) is 3.78. The minimum atomic E-state index is 0.289. The molecule has 0 N–H and O–H groups in total. The molecule has 2 atom stereocenters. The summed E-state index contributed by atoms with van der Waals surface area (Å²) in [7, 11) is 2.64. The molecule has 4 heteroatoms. The first-order valence-electron chi connectivity index (χ1n) is 6.30. The van der Waals surface area contributed by atoms with Crippen molar-refractivity contribution in [3.05, 3.63) is 0 Å². The van der Waals surface area contributed by atoms with Crippen molar-refractivity contribution in [3.8, 4) is 0 Å². The van der Waals surface area contributed by atoms with E-state index in [2.05, 4.69) is 16.3 Å². The van der Waals surface area contributed by atoms with Crippen LogP contribution in [0.2, 0.25) is 0 Å². The van der Waals surface area contributed by atoms with Crippen LogP contribution in [0.4, 0.5) is 0 Å². The van der Waals surface area contributed by atoms with Crippen molar-refractivity contribution in [3.63, 3.8) is 0 Å². The van der Waals surface area contributed by atoms with E-state index in [4.69, 9.17) is 4.74 Å². The summed E-state index contributed by atoms with van der Waals surface area (Å²) >= 11 is 0. The molecule has 2 fully saturated rings. The maximum absolute atomic E-state index is 11.2. The Hall–Kier alpha value is 0.0200. The zero-order valence-corrected chi connectivity index (χ0v) is 11.2. The molecular formula is C12H22NO2P. The second-order valence-corrected chi connectivity index (χ2v) is 5.95. The van der Waals surface area contributed by atoms with Crippen LogP contribution in [0, 0.1) is 5.92 Å². The lowest BCUT2D eigenvalue weighted by Gasteiger charge is -2.28. The van der Waals surface area contributed by atoms with Gasteiger partial charge in [-0.3, -0.25) is 9.46 Å². The lowest BCUT2D eigenvalue weighted by Crippen LogP contribution is -2.29. The Morgan fingerprint density at radius 2 is 2.06 bits per heavy atom. The highest BCUT2D eigenvalue weighted by atomic mass is 31.0. The third kappa shape index (κ3) is 3.26. The van der Waals surface area contributed by atoms with E-state index in [1.54, 1.807) is 0 Å². The highest BCUT2D eigenvalue weighted by Crippen LogP contribution is 2.27. The molecule has 1 unspecified atom stereocenters. The number of carbonyl (C=O) groups is 1. The molecule has 1 saturated carbocycles. The molecule has 0 radical (unpaired) electrons. The lowest BCUT2D eigenvalue weighted by molar-refractivity contribution is -0.116. The summed E-state index contributed by atoms with van der Waals surface area (Å²) in [4.78, 5) is 11.2. The Balaban J connectivity index is 1.69. The summed E-state index contributed by atoms with van der Waals surface area (Å²) in [6.45, 7) is 3.60. The second-order valence-electron chi connectivity index (χ2n) is 5.28. The fourth-order valence-electron chi connectivity index (χ4n) is 2.58. The van der Waals surface area contributed by atoms with E-state index < -0.39 is 0 Å². The maximum atomic E-state index is 11.2. The molecular weight excluding hydrogens is 221 g/mol. The van der Waals surface area contributed by atoms with Crippen LogP contribution in [-0.4, -0.2) is 35.8 Å². The van der Waals surface area contributed by atoms with Crippen molar-refractivity contribution in [2.45, 2.75) is 51.2 Å². The molecule has 1 aliphatic heterocycles. The van der Waals surface area contributed by atoms with Crippen molar-refractivity contribution in [1.29, 1.82) is 0 Å². The zero-order chi connectivity index (χ0) is 11.5. The summed E-state index contributed by atoms with van der Waals surface area (Å²) < 4.78 is 7.96. The predicted octanol–water partition coefficient (Wildman–Crippen LogP) is 2.02. The van der Waals surface area contributed by atoms with E-state index >= 15 is 0 Å². The highest BCUT2D eigenvalue weighted by Gasteiger charge is 2.29. The number of Topliss-reactive ketones (excluding diaryl/α,β-unsaturated/α-hetero) is 1. The van der Waals surface area contributed by atoms with E-state index in [0.717, 1.165) is 5.92 Å². The van der Waals surface area contributed by atoms with Gasteiger partial charge in [0.25, 0.3) is 0 Å². The summed E-state index contributed by atoms with van der Waals surface area (Å²) in [5.41, 5.74) is 0. The quantitative estimate of drug-likeness (QED) is 0.710. The molecule has 0 spiro atoms. The number of carbonyl (C=O) groups excluding carboxylic acids is 1. The molecule has 0 aromatic carbocycles. The van der Waals surface area contributed by atoms with Gasteiger partial charge in [-0.1, -0.05) is 16.3 Å². The molecule has 1 saturated heterocycles. The third-order valence-corrected chi connectivity index (χ3v) is 4.38. The number of hydrogen-bond donors (Lipinski definition) is 0. The molecule has 1 heterocycles. The largest absolute Gasteiger partial charge is 0.377 e. The van der Waals surface area contributed by atoms with Gasteiger partial charge in [0.1, 0.15) is 5.78 Å². The molecule has 2 rings (SSSR count). The van der Waals surface area contributed by atoms with E-state index in [9.17, 15) is 4.79 Å². The second kappa shape index (κ2) is 5.57. The van der Waals surface area contributed by atoms with Crippen LogP contribution in [0.5, 0.6) is 0 Å². The Kier molecular flexibility index (Phi) is 4.34. The zero-order valence-electron chi connectivity index (χ0n) is 10.0. The molecule has 0 aromatic heterocycles. The monoisotopic (exact) mass is 243 g/mol. The summed E-state index contributed by atoms with van der Waals surface area (Å²) in [5, 5.41) is 0. The molecule has 0 aromatic rings. The Morgan fingerprint density at radius 1 is 1.38 bits per heavy atom. The average Bonchev–Trinajstić information content (AvgIpc) is 2.57. The van der Waals surface area contributed by atoms with Crippen LogP contribution in [0.25, 0.3) is 0 Å². The number of hydrogen-bond acceptors (Lipinski definition) is 3. The van der Waals surface area contributed by atoms with Crippen molar-refractivity contribution in [1.82, 2.24) is 4.67 Å². The first kappa shape index (κ1) is 12.5. The lowest BCUT2D eigenvalue weighted by atomic mass is 9.89. The minimum absolute atomic E-state index is 0.289. The van der Waals surface area contributed by atoms with Gasteiger partial charge in [0.2, 0.25) is 0 Å². The fraction of sp³-hybridized carbons (Fsp3) is 0.917. The van der Waals surface area contributed by atoms with Gasteiger partial charge >= 0.3 is 0 Å². The van der Waals surface area contributed by atoms with Gasteiger partial charge in [0, 0.05) is 12.5 Å². The predicted molar refractivity (Wildman–Crippen MR) is 67.2 cm³/mol. The first-order chi connectivity index (χ1) is 7.65. The maximum Gasteiger partial charge on any atom is 0.148 e. The van der Waals surface area contributed by atoms with Crippen molar-refractivity contribution < 1.29 is 9.53 Å². The standard InChI is InChI=1S/C12H22NO2P/c1-9-2-4-12(5-3-9)15-8-10-6-11(14)7-13(10)16/h9-10,12H,2-8,16H2,1H3/t9?,10-,12?/m0/s1. The normalized spacial score (nSPS) is 36.9. The van der Waals surface area contributed by atoms with E-state index in [1.807, 2.05) is 4.67 Å². The topological polar surface area (TPSA) is 29.5 Å². The van der Waals surface area contributed by atoms with Gasteiger partial charge in [-0.15, -0.1) is 0 Å². The molecule has 0 amide bonds. The van der Waals surface area contributed by atoms with Crippen molar-refractivity contribution in [2.24, 2.45) is 5.92 Å². The van der Waals surface area contributed by atoms with Gasteiger partial charge in [-0.25, -0.2) is 0 Å². The SMILES string of the molecule is CC1CCC(OC[C@@H]2CC(=O)CN2P)CC1. The van der Waals surface area contributed by atoms with Crippen LogP contribution in [-0.2, 0) is 9.53 Å². The van der Waals surface area contributed by atoms with Gasteiger partial charge in [0.15, 0.2) is 0 Å². The Morgan fingerprint density at radius 3 is 2.62 bits per heavy atom. The number of nitrogens with zero attached hydrogens (tertiary/aromatic N) is 1. The highest BCUT2D eigenvalue weighted by molar-refractivity contribution is 7.13. The van der Waals surface area contributed by atoms with Crippen molar-refractivity contribution in [2.75, 3.05) is 13.2 Å². The van der Waals surface area contributed by atoms with Crippen LogP contribution in [0.15, 0.2) is 0 Å². The summed E-state index contributed by atoms with van der Waals surface area (Å²) in [6, 6.07) is 0.289. The van der Waals surface area contributed by atoms with Crippen LogP contribution < -0.4 is 0 Å². The van der Waals surface area contributed by atoms with Gasteiger partial charge in [-0.05, 0) is 31.6 Å². The van der Waals surface area contributed by atoms with Gasteiger partial charge in [-0.2, -0.15) is 0 Å². The van der Waals surface area contributed by atoms with Gasteiger partial charge in [0.05, 0.1) is 19.3 Å².